The Morgan fingerprint density at radius 2 is 2.09 bits per heavy atom. The van der Waals surface area contributed by atoms with Gasteiger partial charge in [0.05, 0.1) is 17.2 Å². The van der Waals surface area contributed by atoms with Crippen molar-refractivity contribution in [1.82, 2.24) is 9.55 Å². The third-order valence-corrected chi connectivity index (χ3v) is 4.15. The molecule has 4 nitrogen and oxygen atoms in total. The van der Waals surface area contributed by atoms with Crippen molar-refractivity contribution in [3.05, 3.63) is 64.0 Å². The number of aryl methyl sites for hydroxylation is 1. The first kappa shape index (κ1) is 14.7. The number of fused-ring (bicyclic) bond motifs is 1. The van der Waals surface area contributed by atoms with E-state index in [1.165, 1.54) is 30.6 Å². The van der Waals surface area contributed by atoms with Crippen molar-refractivity contribution in [3.63, 3.8) is 0 Å². The molecule has 1 N–H and O–H groups in total. The number of phenolic OH excluding ortho intramolecular Hbond substituents is 1. The first-order valence-corrected chi connectivity index (χ1v) is 7.26. The molecule has 0 amide bonds. The molecule has 3 rings (SSSR count). The zero-order valence-electron chi connectivity index (χ0n) is 11.9. The van der Waals surface area contributed by atoms with Crippen molar-refractivity contribution < 1.29 is 9.50 Å². The molecule has 0 aliphatic carbocycles. The number of phenols is 1. The number of hydrogen-bond donors (Lipinski definition) is 1. The quantitative estimate of drug-likeness (QED) is 0.737. The van der Waals surface area contributed by atoms with Crippen LogP contribution in [0.4, 0.5) is 4.39 Å². The Balaban J connectivity index is 2.17. The SMILES string of the molecule is Cc1cc(F)cc(P)c1Cn1cnc(=O)c2cc(O)ccc21. The maximum absolute atomic E-state index is 13.4. The van der Waals surface area contributed by atoms with Gasteiger partial charge in [0.1, 0.15) is 11.6 Å². The lowest BCUT2D eigenvalue weighted by molar-refractivity contribution is 0.476. The van der Waals surface area contributed by atoms with Crippen LogP contribution in [0.1, 0.15) is 11.1 Å². The van der Waals surface area contributed by atoms with Gasteiger partial charge in [0.2, 0.25) is 0 Å². The molecule has 1 atom stereocenters. The molecule has 1 unspecified atom stereocenters. The van der Waals surface area contributed by atoms with E-state index in [1.807, 2.05) is 11.5 Å². The summed E-state index contributed by atoms with van der Waals surface area (Å²) in [6.07, 6.45) is 1.47. The van der Waals surface area contributed by atoms with E-state index in [2.05, 4.69) is 14.2 Å². The second-order valence-electron chi connectivity index (χ2n) is 5.17. The lowest BCUT2D eigenvalue weighted by Crippen LogP contribution is -2.16. The first-order valence-electron chi connectivity index (χ1n) is 6.68. The Bertz CT molecular complexity index is 914. The zero-order chi connectivity index (χ0) is 15.9. The van der Waals surface area contributed by atoms with Crippen molar-refractivity contribution in [2.24, 2.45) is 0 Å². The molecule has 3 aromatic rings. The largest absolute Gasteiger partial charge is 0.508 e. The molecule has 112 valence electrons. The summed E-state index contributed by atoms with van der Waals surface area (Å²) in [4.78, 5) is 15.7. The number of halogens is 1. The Morgan fingerprint density at radius 1 is 1.32 bits per heavy atom. The Morgan fingerprint density at radius 3 is 2.82 bits per heavy atom. The Kier molecular flexibility index (Phi) is 3.67. The average molecular weight is 316 g/mol. The van der Waals surface area contributed by atoms with Gasteiger partial charge in [-0.25, -0.2) is 4.39 Å². The summed E-state index contributed by atoms with van der Waals surface area (Å²) in [7, 11) is 2.53. The van der Waals surface area contributed by atoms with Gasteiger partial charge in [0, 0.05) is 6.54 Å². The molecule has 0 saturated heterocycles. The summed E-state index contributed by atoms with van der Waals surface area (Å²) in [5, 5.41) is 10.7. The van der Waals surface area contributed by atoms with Crippen LogP contribution in [0.3, 0.4) is 0 Å². The molecule has 1 aromatic heterocycles. The number of aromatic hydroxyl groups is 1. The maximum atomic E-state index is 13.4. The fraction of sp³-hybridized carbons (Fsp3) is 0.125. The maximum Gasteiger partial charge on any atom is 0.280 e. The fourth-order valence-corrected chi connectivity index (χ4v) is 2.99. The van der Waals surface area contributed by atoms with Gasteiger partial charge in [-0.1, -0.05) is 0 Å². The summed E-state index contributed by atoms with van der Waals surface area (Å²) in [6, 6.07) is 7.54. The van der Waals surface area contributed by atoms with Crippen LogP contribution < -0.4 is 10.9 Å². The van der Waals surface area contributed by atoms with E-state index < -0.39 is 0 Å². The normalized spacial score (nSPS) is 11.0. The molecule has 0 fully saturated rings. The first-order chi connectivity index (χ1) is 10.5. The average Bonchev–Trinajstić information content (AvgIpc) is 2.45. The van der Waals surface area contributed by atoms with E-state index in [1.54, 1.807) is 6.07 Å². The monoisotopic (exact) mass is 316 g/mol. The molecule has 6 heteroatoms. The van der Waals surface area contributed by atoms with Crippen LogP contribution in [0.25, 0.3) is 10.9 Å². The highest BCUT2D eigenvalue weighted by molar-refractivity contribution is 7.27. The van der Waals surface area contributed by atoms with Gasteiger partial charge in [-0.05, 0) is 53.7 Å². The molecule has 0 aliphatic rings. The van der Waals surface area contributed by atoms with Crippen LogP contribution in [0, 0.1) is 12.7 Å². The molecule has 0 spiro atoms. The number of rotatable bonds is 2. The van der Waals surface area contributed by atoms with Crippen LogP contribution in [-0.2, 0) is 6.54 Å². The topological polar surface area (TPSA) is 55.1 Å². The minimum atomic E-state index is -0.385. The minimum absolute atomic E-state index is 0.0221. The standard InChI is InChI=1S/C16H14FN2O2P/c1-9-4-10(17)5-15(22)13(9)7-19-8-18-16(21)12-6-11(20)2-3-14(12)19/h2-6,8,20H,7,22H2,1H3. The van der Waals surface area contributed by atoms with Crippen LogP contribution in [0.5, 0.6) is 5.75 Å². The van der Waals surface area contributed by atoms with E-state index >= 15 is 0 Å². The Hall–Kier alpha value is -2.26. The van der Waals surface area contributed by atoms with Crippen LogP contribution in [0.2, 0.25) is 0 Å². The van der Waals surface area contributed by atoms with Crippen LogP contribution in [0.15, 0.2) is 41.5 Å². The molecule has 0 radical (unpaired) electrons. The fourth-order valence-electron chi connectivity index (χ4n) is 2.51. The van der Waals surface area contributed by atoms with Crippen molar-refractivity contribution in [2.45, 2.75) is 13.5 Å². The Labute approximate surface area is 128 Å². The number of hydrogen-bond acceptors (Lipinski definition) is 3. The van der Waals surface area contributed by atoms with Crippen molar-refractivity contribution in [1.29, 1.82) is 0 Å². The summed E-state index contributed by atoms with van der Waals surface area (Å²) in [5.41, 5.74) is 2.07. The van der Waals surface area contributed by atoms with Gasteiger partial charge in [-0.15, -0.1) is 9.24 Å². The lowest BCUT2D eigenvalue weighted by Gasteiger charge is -2.14. The summed E-state index contributed by atoms with van der Waals surface area (Å²) in [5.74, 6) is -0.257. The molecular formula is C16H14FN2O2P. The van der Waals surface area contributed by atoms with Gasteiger partial charge in [0.25, 0.3) is 5.56 Å². The zero-order valence-corrected chi connectivity index (χ0v) is 13.0. The summed E-state index contributed by atoms with van der Waals surface area (Å²) in [6.45, 7) is 2.30. The molecule has 0 saturated carbocycles. The van der Waals surface area contributed by atoms with Crippen LogP contribution in [-0.4, -0.2) is 14.7 Å². The highest BCUT2D eigenvalue weighted by Gasteiger charge is 2.10. The van der Waals surface area contributed by atoms with Crippen LogP contribution >= 0.6 is 9.24 Å². The lowest BCUT2D eigenvalue weighted by atomic mass is 10.1. The highest BCUT2D eigenvalue weighted by Crippen LogP contribution is 2.19. The second-order valence-corrected chi connectivity index (χ2v) is 5.79. The van der Waals surface area contributed by atoms with E-state index in [9.17, 15) is 14.3 Å². The van der Waals surface area contributed by atoms with E-state index in [0.29, 0.717) is 17.4 Å². The van der Waals surface area contributed by atoms with Crippen molar-refractivity contribution in [2.75, 3.05) is 0 Å². The molecule has 0 aliphatic heterocycles. The van der Waals surface area contributed by atoms with E-state index in [4.69, 9.17) is 0 Å². The van der Waals surface area contributed by atoms with Crippen molar-refractivity contribution in [3.8, 4) is 5.75 Å². The van der Waals surface area contributed by atoms with Crippen molar-refractivity contribution >= 4 is 25.4 Å². The minimum Gasteiger partial charge on any atom is -0.508 e. The van der Waals surface area contributed by atoms with Gasteiger partial charge in [-0.3, -0.25) is 4.79 Å². The molecule has 2 aromatic carbocycles. The predicted octanol–water partition coefficient (Wildman–Crippen LogP) is 2.10. The summed E-state index contributed by atoms with van der Waals surface area (Å²) >= 11 is 0. The number of benzene rings is 2. The third kappa shape index (κ3) is 2.60. The molecular weight excluding hydrogens is 302 g/mol. The van der Waals surface area contributed by atoms with E-state index in [0.717, 1.165) is 16.4 Å². The predicted molar refractivity (Wildman–Crippen MR) is 87.3 cm³/mol. The van der Waals surface area contributed by atoms with Gasteiger partial charge in [0.15, 0.2) is 0 Å². The molecule has 0 bridgehead atoms. The van der Waals surface area contributed by atoms with Gasteiger partial charge < -0.3 is 9.67 Å². The molecule has 1 heterocycles. The smallest absolute Gasteiger partial charge is 0.280 e. The summed E-state index contributed by atoms with van der Waals surface area (Å²) < 4.78 is 15.2. The number of nitrogens with zero attached hydrogens (tertiary/aromatic N) is 2. The number of aromatic nitrogens is 2. The second kappa shape index (κ2) is 5.50. The van der Waals surface area contributed by atoms with E-state index in [-0.39, 0.29) is 17.1 Å². The molecule has 22 heavy (non-hydrogen) atoms. The van der Waals surface area contributed by atoms with Gasteiger partial charge in [-0.2, -0.15) is 4.98 Å². The highest BCUT2D eigenvalue weighted by atomic mass is 31.0. The van der Waals surface area contributed by atoms with Gasteiger partial charge >= 0.3 is 0 Å². The third-order valence-electron chi connectivity index (χ3n) is 3.64.